The highest BCUT2D eigenvalue weighted by atomic mass is 19.0. The van der Waals surface area contributed by atoms with Crippen molar-refractivity contribution in [3.8, 4) is 0 Å². The zero-order valence-electron chi connectivity index (χ0n) is 6.84. The van der Waals surface area contributed by atoms with E-state index >= 15 is 0 Å². The van der Waals surface area contributed by atoms with Gasteiger partial charge < -0.3 is 25.7 Å². The van der Waals surface area contributed by atoms with Crippen LogP contribution in [0, 0.1) is 0 Å². The summed E-state index contributed by atoms with van der Waals surface area (Å²) < 4.78 is 0. The van der Waals surface area contributed by atoms with E-state index in [0.717, 1.165) is 0 Å². The number of rotatable bonds is 5. The first-order chi connectivity index (χ1) is 5.13. The maximum atomic E-state index is 9.04. The maximum Gasteiger partial charge on any atom is 0.109 e. The second-order valence-corrected chi connectivity index (χ2v) is 2.37. The van der Waals surface area contributed by atoms with Gasteiger partial charge in [-0.1, -0.05) is 0 Å². The van der Waals surface area contributed by atoms with E-state index in [1.165, 1.54) is 0 Å². The number of aliphatic hydroxyl groups is 4. The summed E-state index contributed by atoms with van der Waals surface area (Å²) in [6.07, 6.45) is -3.63. The molecule has 0 heterocycles. The van der Waals surface area contributed by atoms with Crippen LogP contribution in [0.15, 0.2) is 0 Å². The minimum Gasteiger partial charge on any atom is -0.394 e. The minimum atomic E-state index is -1.30. The predicted molar refractivity (Wildman–Crippen MR) is 41.5 cm³/mol. The molecule has 0 aliphatic carbocycles. The zero-order valence-corrected chi connectivity index (χ0v) is 6.84. The summed E-state index contributed by atoms with van der Waals surface area (Å²) in [5.41, 5.74) is 0. The van der Waals surface area contributed by atoms with Crippen molar-refractivity contribution in [3.05, 3.63) is 0 Å². The lowest BCUT2D eigenvalue weighted by molar-refractivity contribution is -0.0745. The van der Waals surface area contributed by atoms with Crippen LogP contribution in [0.25, 0.3) is 0 Å². The van der Waals surface area contributed by atoms with E-state index in [-0.39, 0.29) is 11.2 Å². The topological polar surface area (TPSA) is 93.0 Å². The third-order valence-corrected chi connectivity index (χ3v) is 1.39. The summed E-state index contributed by atoms with van der Waals surface area (Å²) in [6, 6.07) is 0. The van der Waals surface area contributed by atoms with E-state index in [0.29, 0.717) is 0 Å². The first-order valence-electron chi connectivity index (χ1n) is 3.43. The van der Waals surface area contributed by atoms with Crippen LogP contribution >= 0.6 is 0 Å². The van der Waals surface area contributed by atoms with Crippen LogP contribution in [0.1, 0.15) is 0 Å². The molecule has 0 aromatic carbocycles. The molecular weight excluding hydrogens is 169 g/mol. The first kappa shape index (κ1) is 14.3. The average Bonchev–Trinajstić information content (AvgIpc) is 2.02. The van der Waals surface area contributed by atoms with Gasteiger partial charge in [-0.2, -0.15) is 0 Å². The molecule has 6 heteroatoms. The quantitative estimate of drug-likeness (QED) is 0.325. The Balaban J connectivity index is 0. The van der Waals surface area contributed by atoms with Crippen molar-refractivity contribution in [1.29, 1.82) is 0 Å². The fraction of sp³-hybridized carbons (Fsp3) is 1.00. The van der Waals surface area contributed by atoms with Gasteiger partial charge in [0.2, 0.25) is 0 Å². The molecule has 5 N–H and O–H groups in total. The van der Waals surface area contributed by atoms with Crippen LogP contribution in [0.3, 0.4) is 0 Å². The summed E-state index contributed by atoms with van der Waals surface area (Å²) in [5.74, 6) is 0. The molecule has 0 radical (unpaired) electrons. The van der Waals surface area contributed by atoms with Gasteiger partial charge in [0.15, 0.2) is 0 Å². The number of halogens is 1. The molecule has 0 aliphatic heterocycles. The molecule has 0 aromatic heterocycles. The molecule has 0 bridgehead atoms. The van der Waals surface area contributed by atoms with Gasteiger partial charge in [0, 0.05) is 6.54 Å². The smallest absolute Gasteiger partial charge is 0.109 e. The predicted octanol–water partition coefficient (Wildman–Crippen LogP) is -2.57. The highest BCUT2D eigenvalue weighted by molar-refractivity contribution is 4.75. The van der Waals surface area contributed by atoms with Crippen LogP contribution in [-0.4, -0.2) is 58.9 Å². The highest BCUT2D eigenvalue weighted by Gasteiger charge is 2.22. The fourth-order valence-electron chi connectivity index (χ4n) is 0.694. The van der Waals surface area contributed by atoms with E-state index in [4.69, 9.17) is 20.4 Å². The van der Waals surface area contributed by atoms with Crippen molar-refractivity contribution < 1.29 is 25.1 Å². The Morgan fingerprint density at radius 1 is 1.17 bits per heavy atom. The van der Waals surface area contributed by atoms with E-state index in [2.05, 4.69) is 5.32 Å². The Bertz CT molecular complexity index is 106. The molecule has 12 heavy (non-hydrogen) atoms. The first-order valence-corrected chi connectivity index (χ1v) is 3.43. The third kappa shape index (κ3) is 4.58. The molecule has 0 amide bonds. The van der Waals surface area contributed by atoms with E-state index < -0.39 is 24.9 Å². The number of aliphatic hydroxyl groups excluding tert-OH is 4. The van der Waals surface area contributed by atoms with E-state index in [1.807, 2.05) is 0 Å². The van der Waals surface area contributed by atoms with Crippen molar-refractivity contribution in [2.24, 2.45) is 0 Å². The molecule has 0 rings (SSSR count). The van der Waals surface area contributed by atoms with Crippen LogP contribution in [0.5, 0.6) is 0 Å². The molecule has 76 valence electrons. The Morgan fingerprint density at radius 3 is 2.00 bits per heavy atom. The molecule has 0 fully saturated rings. The number of nitrogens with one attached hydrogen (secondary N) is 1. The maximum absolute atomic E-state index is 9.04. The molecular formula is C6H16FNO4. The molecule has 0 saturated carbocycles. The summed E-state index contributed by atoms with van der Waals surface area (Å²) in [7, 11) is 1.61. The molecule has 5 nitrogen and oxygen atoms in total. The number of likely N-dealkylation sites (N-methyl/N-ethyl adjacent to an activating group) is 1. The molecule has 0 aromatic rings. The molecule has 0 saturated heterocycles. The van der Waals surface area contributed by atoms with Crippen molar-refractivity contribution in [3.63, 3.8) is 0 Å². The lowest BCUT2D eigenvalue weighted by Gasteiger charge is -2.20. The lowest BCUT2D eigenvalue weighted by atomic mass is 10.1. The monoisotopic (exact) mass is 185 g/mol. The molecule has 0 aliphatic rings. The van der Waals surface area contributed by atoms with Crippen LogP contribution in [-0.2, 0) is 0 Å². The molecule has 0 spiro atoms. The molecule has 3 atom stereocenters. The lowest BCUT2D eigenvalue weighted by Crippen LogP contribution is -2.43. The number of hydrogen-bond donors (Lipinski definition) is 5. The van der Waals surface area contributed by atoms with Gasteiger partial charge in [-0.25, -0.2) is 0 Å². The average molecular weight is 185 g/mol. The van der Waals surface area contributed by atoms with Crippen LogP contribution < -0.4 is 5.32 Å². The van der Waals surface area contributed by atoms with Crippen LogP contribution in [0.4, 0.5) is 4.70 Å². The van der Waals surface area contributed by atoms with Gasteiger partial charge >= 0.3 is 0 Å². The van der Waals surface area contributed by atoms with Crippen LogP contribution in [0.2, 0.25) is 0 Å². The Morgan fingerprint density at radius 2 is 1.67 bits per heavy atom. The van der Waals surface area contributed by atoms with Gasteiger partial charge in [-0.3, -0.25) is 4.70 Å². The Kier molecular flexibility index (Phi) is 8.78. The Hall–Kier alpha value is -0.270. The summed E-state index contributed by atoms with van der Waals surface area (Å²) >= 11 is 0. The second-order valence-electron chi connectivity index (χ2n) is 2.37. The minimum absolute atomic E-state index is 0. The summed E-state index contributed by atoms with van der Waals surface area (Å²) in [4.78, 5) is 0. The summed E-state index contributed by atoms with van der Waals surface area (Å²) in [5, 5.41) is 37.9. The highest BCUT2D eigenvalue weighted by Crippen LogP contribution is 1.98. The third-order valence-electron chi connectivity index (χ3n) is 1.39. The largest absolute Gasteiger partial charge is 0.394 e. The van der Waals surface area contributed by atoms with Gasteiger partial charge in [0.05, 0.1) is 12.7 Å². The van der Waals surface area contributed by atoms with Gasteiger partial charge in [0.1, 0.15) is 12.2 Å². The normalized spacial score (nSPS) is 17.8. The zero-order chi connectivity index (χ0) is 8.85. The van der Waals surface area contributed by atoms with E-state index in [9.17, 15) is 0 Å². The van der Waals surface area contributed by atoms with Crippen molar-refractivity contribution in [2.45, 2.75) is 18.3 Å². The molecule has 0 unspecified atom stereocenters. The SMILES string of the molecule is CNC[C@@H](O)[C@@H](O)[C@@H](O)CO.F. The van der Waals surface area contributed by atoms with Gasteiger partial charge in [0.25, 0.3) is 0 Å². The fourth-order valence-corrected chi connectivity index (χ4v) is 0.694. The second kappa shape index (κ2) is 7.38. The van der Waals surface area contributed by atoms with Crippen molar-refractivity contribution in [2.75, 3.05) is 20.2 Å². The van der Waals surface area contributed by atoms with Crippen molar-refractivity contribution in [1.82, 2.24) is 5.32 Å². The van der Waals surface area contributed by atoms with Gasteiger partial charge in [-0.15, -0.1) is 0 Å². The summed E-state index contributed by atoms with van der Waals surface area (Å²) in [6.45, 7) is -0.375. The van der Waals surface area contributed by atoms with E-state index in [1.54, 1.807) is 7.05 Å². The number of hydrogen-bond acceptors (Lipinski definition) is 5. The Labute approximate surface area is 70.0 Å². The van der Waals surface area contributed by atoms with Crippen molar-refractivity contribution >= 4 is 0 Å². The van der Waals surface area contributed by atoms with Gasteiger partial charge in [-0.05, 0) is 7.05 Å². The standard InChI is InChI=1S/C6H15NO4.FH/c1-7-2-4(9)6(11)5(10)3-8;/h4-11H,2-3H2,1H3;1H/t4-,5+,6-;/m1./s1.